The molecule has 0 radical (unpaired) electrons. The maximum absolute atomic E-state index is 10.5. The highest BCUT2D eigenvalue weighted by Gasteiger charge is 2.20. The van der Waals surface area contributed by atoms with Crippen LogP contribution < -0.4 is 0 Å². The van der Waals surface area contributed by atoms with Crippen molar-refractivity contribution >= 4 is 17.7 Å². The van der Waals surface area contributed by atoms with E-state index in [2.05, 4.69) is 14.7 Å². The molecule has 0 aliphatic heterocycles. The molecule has 0 atom stereocenters. The van der Waals surface area contributed by atoms with Gasteiger partial charge in [0.25, 0.3) is 5.71 Å². The average molecular weight is 161 g/mol. The van der Waals surface area contributed by atoms with Crippen molar-refractivity contribution in [3.8, 4) is 0 Å². The number of carboxylic acids is 1. The normalized spacial score (nSPS) is 10.5. The number of esters is 1. The molecule has 1 N–H and O–H groups in total. The predicted octanol–water partition coefficient (Wildman–Crippen LogP) is -0.754. The molecule has 62 valence electrons. The molecule has 6 nitrogen and oxygen atoms in total. The maximum Gasteiger partial charge on any atom is 0.367 e. The Balaban J connectivity index is 4.48. The lowest BCUT2D eigenvalue weighted by atomic mass is 10.4. The van der Waals surface area contributed by atoms with Gasteiger partial charge >= 0.3 is 11.9 Å². The summed E-state index contributed by atoms with van der Waals surface area (Å²) in [6, 6.07) is 0. The van der Waals surface area contributed by atoms with E-state index in [9.17, 15) is 9.59 Å². The van der Waals surface area contributed by atoms with Crippen molar-refractivity contribution < 1.29 is 24.3 Å². The summed E-state index contributed by atoms with van der Waals surface area (Å²) in [4.78, 5) is 24.8. The van der Waals surface area contributed by atoms with E-state index in [-0.39, 0.29) is 0 Å². The minimum atomic E-state index is -1.49. The van der Waals surface area contributed by atoms with Crippen molar-refractivity contribution in [1.82, 2.24) is 0 Å². The van der Waals surface area contributed by atoms with Crippen LogP contribution in [0, 0.1) is 0 Å². The molecular weight excluding hydrogens is 154 g/mol. The Labute approximate surface area is 62.4 Å². The van der Waals surface area contributed by atoms with E-state index in [1.165, 1.54) is 0 Å². The molecular formula is C5H7NO5. The fourth-order valence-electron chi connectivity index (χ4n) is 0.352. The molecule has 0 fully saturated rings. The summed E-state index contributed by atoms with van der Waals surface area (Å²) < 4.78 is 4.10. The van der Waals surface area contributed by atoms with Gasteiger partial charge in [0.05, 0.1) is 7.11 Å². The molecule has 0 bridgehead atoms. The smallest absolute Gasteiger partial charge is 0.367 e. The number of ether oxygens (including phenoxy) is 1. The summed E-state index contributed by atoms with van der Waals surface area (Å²) in [5, 5.41) is 11.2. The van der Waals surface area contributed by atoms with Gasteiger partial charge in [0.2, 0.25) is 0 Å². The van der Waals surface area contributed by atoms with Crippen LogP contribution in [0.2, 0.25) is 0 Å². The van der Waals surface area contributed by atoms with E-state index in [0.717, 1.165) is 14.2 Å². The number of methoxy groups -OCH3 is 1. The number of carbonyl (C=O) groups excluding carboxylic acids is 1. The highest BCUT2D eigenvalue weighted by Crippen LogP contribution is 1.84. The summed E-state index contributed by atoms with van der Waals surface area (Å²) in [7, 11) is 2.18. The lowest BCUT2D eigenvalue weighted by Crippen LogP contribution is -2.25. The number of carboxylic acid groups (broad SMARTS) is 1. The summed E-state index contributed by atoms with van der Waals surface area (Å²) in [5.74, 6) is -2.53. The van der Waals surface area contributed by atoms with Gasteiger partial charge in [-0.05, 0) is 0 Å². The van der Waals surface area contributed by atoms with E-state index < -0.39 is 17.7 Å². The molecule has 0 rings (SSSR count). The Morgan fingerprint density at radius 1 is 1.36 bits per heavy atom. The first-order valence-corrected chi connectivity index (χ1v) is 2.56. The lowest BCUT2D eigenvalue weighted by molar-refractivity contribution is -0.136. The van der Waals surface area contributed by atoms with Crippen LogP contribution in [0.5, 0.6) is 0 Å². The number of rotatable bonds is 3. The molecule has 11 heavy (non-hydrogen) atoms. The summed E-state index contributed by atoms with van der Waals surface area (Å²) >= 11 is 0. The quantitative estimate of drug-likeness (QED) is 0.254. The van der Waals surface area contributed by atoms with Crippen molar-refractivity contribution in [3.63, 3.8) is 0 Å². The molecule has 0 unspecified atom stereocenters. The largest absolute Gasteiger partial charge is 0.476 e. The van der Waals surface area contributed by atoms with Gasteiger partial charge in [-0.2, -0.15) is 0 Å². The van der Waals surface area contributed by atoms with Crippen molar-refractivity contribution in [2.45, 2.75) is 0 Å². The highest BCUT2D eigenvalue weighted by molar-refractivity contribution is 6.62. The van der Waals surface area contributed by atoms with Crippen LogP contribution in [-0.2, 0) is 19.2 Å². The first-order valence-electron chi connectivity index (χ1n) is 2.56. The molecule has 0 aromatic heterocycles. The molecule has 0 saturated heterocycles. The fourth-order valence-corrected chi connectivity index (χ4v) is 0.352. The Morgan fingerprint density at radius 2 is 1.91 bits per heavy atom. The number of oxime groups is 1. The summed E-state index contributed by atoms with van der Waals surface area (Å²) in [6.07, 6.45) is 0. The number of hydrogen-bond donors (Lipinski definition) is 1. The van der Waals surface area contributed by atoms with Crippen LogP contribution in [0.3, 0.4) is 0 Å². The standard InChI is InChI=1S/C5H7NO5/c1-10-5(9)3(4(7)8)6-11-2/h1-2H3,(H,7,8)/b6-3+. The van der Waals surface area contributed by atoms with Gasteiger partial charge in [0.15, 0.2) is 0 Å². The van der Waals surface area contributed by atoms with Gasteiger partial charge in [-0.15, -0.1) is 0 Å². The lowest BCUT2D eigenvalue weighted by Gasteiger charge is -1.96. The summed E-state index contributed by atoms with van der Waals surface area (Å²) in [5.41, 5.74) is -0.782. The van der Waals surface area contributed by atoms with Gasteiger partial charge in [0, 0.05) is 0 Å². The Hall–Kier alpha value is -1.59. The van der Waals surface area contributed by atoms with Gasteiger partial charge in [-0.25, -0.2) is 9.59 Å². The van der Waals surface area contributed by atoms with Crippen LogP contribution in [0.25, 0.3) is 0 Å². The average Bonchev–Trinajstić information content (AvgIpc) is 1.98. The highest BCUT2D eigenvalue weighted by atomic mass is 16.6. The zero-order valence-corrected chi connectivity index (χ0v) is 6.03. The zero-order chi connectivity index (χ0) is 8.85. The molecule has 0 aromatic rings. The molecule has 6 heteroatoms. The second kappa shape index (κ2) is 4.26. The van der Waals surface area contributed by atoms with Crippen LogP contribution in [0.1, 0.15) is 0 Å². The third-order valence-corrected chi connectivity index (χ3v) is 0.764. The monoisotopic (exact) mass is 161 g/mol. The Bertz CT molecular complexity index is 197. The first kappa shape index (κ1) is 9.41. The van der Waals surface area contributed by atoms with Crippen molar-refractivity contribution in [2.75, 3.05) is 14.2 Å². The zero-order valence-electron chi connectivity index (χ0n) is 6.03. The second-order valence-corrected chi connectivity index (χ2v) is 1.42. The van der Waals surface area contributed by atoms with Gasteiger partial charge in [-0.3, -0.25) is 0 Å². The van der Waals surface area contributed by atoms with Crippen molar-refractivity contribution in [3.05, 3.63) is 0 Å². The minimum Gasteiger partial charge on any atom is -0.476 e. The topological polar surface area (TPSA) is 85.2 Å². The number of nitrogens with zero attached hydrogens (tertiary/aromatic N) is 1. The Morgan fingerprint density at radius 3 is 2.18 bits per heavy atom. The van der Waals surface area contributed by atoms with E-state index in [0.29, 0.717) is 0 Å². The third-order valence-electron chi connectivity index (χ3n) is 0.764. The number of aliphatic carboxylic acids is 1. The molecule has 0 saturated carbocycles. The third kappa shape index (κ3) is 2.65. The van der Waals surface area contributed by atoms with E-state index in [1.54, 1.807) is 0 Å². The van der Waals surface area contributed by atoms with Crippen molar-refractivity contribution in [2.24, 2.45) is 5.16 Å². The molecule has 0 amide bonds. The molecule has 0 heterocycles. The fraction of sp³-hybridized carbons (Fsp3) is 0.400. The molecule has 0 aromatic carbocycles. The molecule has 0 spiro atoms. The second-order valence-electron chi connectivity index (χ2n) is 1.42. The van der Waals surface area contributed by atoms with Gasteiger partial charge < -0.3 is 14.7 Å². The van der Waals surface area contributed by atoms with Crippen LogP contribution >= 0.6 is 0 Å². The number of carbonyl (C=O) groups is 2. The molecule has 0 aliphatic carbocycles. The SMILES string of the molecule is CO/N=C(\C(=O)O)C(=O)OC. The van der Waals surface area contributed by atoms with Crippen LogP contribution in [0.15, 0.2) is 5.16 Å². The summed E-state index contributed by atoms with van der Waals surface area (Å²) in [6.45, 7) is 0. The van der Waals surface area contributed by atoms with E-state index in [1.807, 2.05) is 0 Å². The predicted molar refractivity (Wildman–Crippen MR) is 34.1 cm³/mol. The minimum absolute atomic E-state index is 0.782. The van der Waals surface area contributed by atoms with Crippen LogP contribution in [-0.4, -0.2) is 37.0 Å². The van der Waals surface area contributed by atoms with Gasteiger partial charge in [0.1, 0.15) is 7.11 Å². The van der Waals surface area contributed by atoms with Crippen LogP contribution in [0.4, 0.5) is 0 Å². The maximum atomic E-state index is 10.5. The Kier molecular flexibility index (Phi) is 3.65. The first-order chi connectivity index (χ1) is 5.13. The van der Waals surface area contributed by atoms with Crippen molar-refractivity contribution in [1.29, 1.82) is 0 Å². The van der Waals surface area contributed by atoms with Gasteiger partial charge in [-0.1, -0.05) is 5.16 Å². The van der Waals surface area contributed by atoms with E-state index in [4.69, 9.17) is 5.11 Å². The molecule has 0 aliphatic rings. The van der Waals surface area contributed by atoms with E-state index >= 15 is 0 Å². The number of hydrogen-bond acceptors (Lipinski definition) is 5.